The second kappa shape index (κ2) is 5.95. The Morgan fingerprint density at radius 1 is 1.32 bits per heavy atom. The van der Waals surface area contributed by atoms with Crippen molar-refractivity contribution in [3.05, 3.63) is 28.2 Å². The van der Waals surface area contributed by atoms with E-state index >= 15 is 0 Å². The van der Waals surface area contributed by atoms with Gasteiger partial charge in [-0.15, -0.1) is 0 Å². The lowest BCUT2D eigenvalue weighted by Crippen LogP contribution is -2.32. The van der Waals surface area contributed by atoms with Gasteiger partial charge in [0.15, 0.2) is 6.10 Å². The fourth-order valence-corrected chi connectivity index (χ4v) is 2.14. The number of aliphatic carboxylic acids is 1. The van der Waals surface area contributed by atoms with Crippen molar-refractivity contribution in [3.8, 4) is 5.75 Å². The number of hydrogen-bond acceptors (Lipinski definition) is 2. The van der Waals surface area contributed by atoms with Crippen molar-refractivity contribution >= 4 is 21.9 Å². The van der Waals surface area contributed by atoms with Crippen LogP contribution >= 0.6 is 15.9 Å². The maximum Gasteiger partial charge on any atom is 0.345 e. The first-order valence-electron chi connectivity index (χ1n) is 6.32. The van der Waals surface area contributed by atoms with Gasteiger partial charge >= 0.3 is 5.97 Å². The molecule has 1 rings (SSSR count). The first kappa shape index (κ1) is 16.0. The van der Waals surface area contributed by atoms with E-state index in [-0.39, 0.29) is 11.3 Å². The van der Waals surface area contributed by atoms with Crippen LogP contribution in [0.2, 0.25) is 0 Å². The summed E-state index contributed by atoms with van der Waals surface area (Å²) in [5.41, 5.74) is 1.22. The molecule has 1 N–H and O–H groups in total. The quantitative estimate of drug-likeness (QED) is 0.899. The van der Waals surface area contributed by atoms with E-state index in [9.17, 15) is 4.79 Å². The summed E-state index contributed by atoms with van der Waals surface area (Å²) >= 11 is 3.45. The Kier molecular flexibility index (Phi) is 5.02. The summed E-state index contributed by atoms with van der Waals surface area (Å²) in [6, 6.07) is 5.77. The summed E-state index contributed by atoms with van der Waals surface area (Å²) < 4.78 is 6.37. The second-order valence-electron chi connectivity index (χ2n) is 6.02. The van der Waals surface area contributed by atoms with E-state index in [1.807, 2.05) is 32.0 Å². The SMILES string of the molecule is CC(C)[C@H](Oc1ccc(C(C)(C)C)cc1Br)C(=O)O. The van der Waals surface area contributed by atoms with Crippen molar-refractivity contribution in [1.82, 2.24) is 0 Å². The molecule has 106 valence electrons. The predicted molar refractivity (Wildman–Crippen MR) is 79.7 cm³/mol. The Bertz CT molecular complexity index is 461. The lowest BCUT2D eigenvalue weighted by Gasteiger charge is -2.22. The molecular weight excluding hydrogens is 308 g/mol. The Labute approximate surface area is 123 Å². The molecule has 0 aromatic heterocycles. The average molecular weight is 329 g/mol. The minimum absolute atomic E-state index is 0.0469. The average Bonchev–Trinajstić information content (AvgIpc) is 2.24. The molecule has 4 heteroatoms. The van der Waals surface area contributed by atoms with Crippen LogP contribution in [0.25, 0.3) is 0 Å². The van der Waals surface area contributed by atoms with Gasteiger partial charge in [-0.3, -0.25) is 0 Å². The normalized spacial score (nSPS) is 13.4. The summed E-state index contributed by atoms with van der Waals surface area (Å²) in [5, 5.41) is 9.14. The van der Waals surface area contributed by atoms with Crippen molar-refractivity contribution in [3.63, 3.8) is 0 Å². The predicted octanol–water partition coefficient (Wildman–Crippen LogP) is 4.23. The number of carbonyl (C=O) groups is 1. The molecule has 0 fully saturated rings. The van der Waals surface area contributed by atoms with Crippen molar-refractivity contribution in [1.29, 1.82) is 0 Å². The van der Waals surface area contributed by atoms with E-state index in [1.165, 1.54) is 5.56 Å². The molecule has 1 aromatic carbocycles. The minimum atomic E-state index is -0.943. The molecule has 1 atom stereocenters. The van der Waals surface area contributed by atoms with E-state index in [1.54, 1.807) is 0 Å². The van der Waals surface area contributed by atoms with Gasteiger partial charge < -0.3 is 9.84 Å². The molecule has 0 bridgehead atoms. The third kappa shape index (κ3) is 4.23. The van der Waals surface area contributed by atoms with E-state index < -0.39 is 12.1 Å². The number of rotatable bonds is 4. The lowest BCUT2D eigenvalue weighted by atomic mass is 9.87. The number of benzene rings is 1. The number of carboxylic acids is 1. The van der Waals surface area contributed by atoms with Crippen molar-refractivity contribution in [2.75, 3.05) is 0 Å². The molecule has 0 spiro atoms. The van der Waals surface area contributed by atoms with E-state index in [0.29, 0.717) is 5.75 Å². The van der Waals surface area contributed by atoms with Crippen LogP contribution in [0.3, 0.4) is 0 Å². The Balaban J connectivity index is 3.00. The van der Waals surface area contributed by atoms with Gasteiger partial charge in [0, 0.05) is 5.92 Å². The van der Waals surface area contributed by atoms with Crippen LogP contribution in [0.15, 0.2) is 22.7 Å². The standard InChI is InChI=1S/C15H21BrO3/c1-9(2)13(14(17)18)19-12-7-6-10(8-11(12)16)15(3,4)5/h6-9,13H,1-5H3,(H,17,18)/t13-/m0/s1. The summed E-state index contributed by atoms with van der Waals surface area (Å²) in [4.78, 5) is 11.1. The van der Waals surface area contributed by atoms with Crippen LogP contribution in [-0.2, 0) is 10.2 Å². The van der Waals surface area contributed by atoms with E-state index in [4.69, 9.17) is 9.84 Å². The topological polar surface area (TPSA) is 46.5 Å². The van der Waals surface area contributed by atoms with Gasteiger partial charge in [-0.25, -0.2) is 4.79 Å². The number of halogens is 1. The van der Waals surface area contributed by atoms with E-state index in [2.05, 4.69) is 36.7 Å². The van der Waals surface area contributed by atoms with Crippen LogP contribution in [0.5, 0.6) is 5.75 Å². The largest absolute Gasteiger partial charge is 0.478 e. The highest BCUT2D eigenvalue weighted by molar-refractivity contribution is 9.10. The Morgan fingerprint density at radius 2 is 1.89 bits per heavy atom. The van der Waals surface area contributed by atoms with Gasteiger partial charge in [0.05, 0.1) is 4.47 Å². The molecule has 0 saturated carbocycles. The molecule has 0 aliphatic carbocycles. The molecule has 0 saturated heterocycles. The van der Waals surface area contributed by atoms with Gasteiger partial charge in [0.1, 0.15) is 5.75 Å². The fraction of sp³-hybridized carbons (Fsp3) is 0.533. The van der Waals surface area contributed by atoms with Crippen LogP contribution in [0.4, 0.5) is 0 Å². The smallest absolute Gasteiger partial charge is 0.345 e. The summed E-state index contributed by atoms with van der Waals surface area (Å²) in [6.45, 7) is 10.0. The molecule has 0 radical (unpaired) electrons. The van der Waals surface area contributed by atoms with Gasteiger partial charge in [-0.1, -0.05) is 40.7 Å². The number of ether oxygens (including phenoxy) is 1. The Morgan fingerprint density at radius 3 is 2.26 bits per heavy atom. The van der Waals surface area contributed by atoms with E-state index in [0.717, 1.165) is 4.47 Å². The molecule has 3 nitrogen and oxygen atoms in total. The number of hydrogen-bond donors (Lipinski definition) is 1. The highest BCUT2D eigenvalue weighted by Crippen LogP contribution is 2.32. The minimum Gasteiger partial charge on any atom is -0.478 e. The first-order valence-corrected chi connectivity index (χ1v) is 7.11. The second-order valence-corrected chi connectivity index (χ2v) is 6.87. The third-order valence-electron chi connectivity index (χ3n) is 2.90. The number of carboxylic acid groups (broad SMARTS) is 1. The third-order valence-corrected chi connectivity index (χ3v) is 3.52. The van der Waals surface area contributed by atoms with Crippen molar-refractivity contribution < 1.29 is 14.6 Å². The van der Waals surface area contributed by atoms with Crippen LogP contribution in [0.1, 0.15) is 40.2 Å². The highest BCUT2D eigenvalue weighted by atomic mass is 79.9. The highest BCUT2D eigenvalue weighted by Gasteiger charge is 2.24. The first-order chi connectivity index (χ1) is 8.62. The zero-order valence-electron chi connectivity index (χ0n) is 12.0. The lowest BCUT2D eigenvalue weighted by molar-refractivity contribution is -0.147. The molecule has 0 aliphatic heterocycles. The van der Waals surface area contributed by atoms with Gasteiger partial charge in [0.2, 0.25) is 0 Å². The maximum absolute atomic E-state index is 11.1. The summed E-state index contributed by atoms with van der Waals surface area (Å²) in [7, 11) is 0. The van der Waals surface area contributed by atoms with Crippen molar-refractivity contribution in [2.24, 2.45) is 5.92 Å². The zero-order valence-corrected chi connectivity index (χ0v) is 13.6. The van der Waals surface area contributed by atoms with Crippen LogP contribution < -0.4 is 4.74 Å². The van der Waals surface area contributed by atoms with Crippen molar-refractivity contribution in [2.45, 2.75) is 46.1 Å². The zero-order chi connectivity index (χ0) is 14.8. The fourth-order valence-electron chi connectivity index (χ4n) is 1.67. The Hall–Kier alpha value is -1.03. The van der Waals surface area contributed by atoms with Gasteiger partial charge in [-0.2, -0.15) is 0 Å². The monoisotopic (exact) mass is 328 g/mol. The molecule has 19 heavy (non-hydrogen) atoms. The maximum atomic E-state index is 11.1. The molecule has 0 amide bonds. The molecule has 0 heterocycles. The molecule has 1 aromatic rings. The van der Waals surface area contributed by atoms with Gasteiger partial charge in [-0.05, 0) is 39.0 Å². The summed E-state index contributed by atoms with van der Waals surface area (Å²) in [6.07, 6.45) is -0.836. The summed E-state index contributed by atoms with van der Waals surface area (Å²) in [5.74, 6) is -0.470. The molecule has 0 aliphatic rings. The molecular formula is C15H21BrO3. The van der Waals surface area contributed by atoms with Gasteiger partial charge in [0.25, 0.3) is 0 Å². The van der Waals surface area contributed by atoms with Crippen LogP contribution in [-0.4, -0.2) is 17.2 Å². The van der Waals surface area contributed by atoms with Crippen LogP contribution in [0, 0.1) is 5.92 Å². The molecule has 0 unspecified atom stereocenters.